The van der Waals surface area contributed by atoms with Crippen molar-refractivity contribution in [2.75, 3.05) is 13.1 Å². The molecule has 3 rings (SSSR count). The first kappa shape index (κ1) is 9.08. The molecule has 2 aromatic rings. The van der Waals surface area contributed by atoms with E-state index in [1.807, 2.05) is 18.2 Å². The molecule has 0 unspecified atom stereocenters. The Morgan fingerprint density at radius 3 is 2.88 bits per heavy atom. The Hall–Kier alpha value is -2.17. The van der Waals surface area contributed by atoms with E-state index < -0.39 is 0 Å². The number of aliphatic imine (C=N–C) groups is 1. The molecular weight excluding hydrogens is 202 g/mol. The number of amidine groups is 1. The van der Waals surface area contributed by atoms with Crippen molar-refractivity contribution in [3.63, 3.8) is 0 Å². The maximum Gasteiger partial charge on any atom is 0.155 e. The molecule has 0 bridgehead atoms. The topological polar surface area (TPSA) is 66.0 Å². The minimum absolute atomic E-state index is 0.778. The Balaban J connectivity index is 2.00. The number of hydrogen-bond donors (Lipinski definition) is 2. The van der Waals surface area contributed by atoms with E-state index in [0.717, 1.165) is 36.1 Å². The Bertz CT molecular complexity index is 515. The van der Waals surface area contributed by atoms with E-state index in [4.69, 9.17) is 0 Å². The summed E-state index contributed by atoms with van der Waals surface area (Å²) in [6.07, 6.45) is 3.50. The quantitative estimate of drug-likeness (QED) is 0.776. The lowest BCUT2D eigenvalue weighted by Crippen LogP contribution is -2.20. The van der Waals surface area contributed by atoms with Crippen LogP contribution in [0.3, 0.4) is 0 Å². The maximum atomic E-state index is 4.51. The van der Waals surface area contributed by atoms with Crippen molar-refractivity contribution < 1.29 is 0 Å². The second kappa shape index (κ2) is 3.77. The Labute approximate surface area is 92.7 Å². The highest BCUT2D eigenvalue weighted by molar-refractivity contribution is 5.98. The number of imidazole rings is 1. The summed E-state index contributed by atoms with van der Waals surface area (Å²) in [6.45, 7) is 1.71. The molecule has 5 nitrogen and oxygen atoms in total. The molecule has 0 aliphatic carbocycles. The van der Waals surface area contributed by atoms with Crippen LogP contribution in [0.1, 0.15) is 5.69 Å². The highest BCUT2D eigenvalue weighted by Crippen LogP contribution is 2.12. The van der Waals surface area contributed by atoms with Gasteiger partial charge in [-0.2, -0.15) is 0 Å². The zero-order valence-electron chi connectivity index (χ0n) is 8.64. The number of hydrogen-bond acceptors (Lipinski definition) is 4. The van der Waals surface area contributed by atoms with Gasteiger partial charge in [-0.05, 0) is 12.1 Å². The lowest BCUT2D eigenvalue weighted by Gasteiger charge is -2.02. The summed E-state index contributed by atoms with van der Waals surface area (Å²) in [5.74, 6) is 1.65. The summed E-state index contributed by atoms with van der Waals surface area (Å²) in [4.78, 5) is 16.1. The maximum absolute atomic E-state index is 4.51. The normalized spacial score (nSPS) is 14.6. The molecule has 2 aromatic heterocycles. The molecule has 0 fully saturated rings. The molecule has 0 atom stereocenters. The molecule has 1 aliphatic rings. The van der Waals surface area contributed by atoms with Gasteiger partial charge in [0.05, 0.1) is 6.54 Å². The van der Waals surface area contributed by atoms with Gasteiger partial charge >= 0.3 is 0 Å². The van der Waals surface area contributed by atoms with E-state index in [1.165, 1.54) is 0 Å². The lowest BCUT2D eigenvalue weighted by atomic mass is 10.3. The molecule has 3 heterocycles. The van der Waals surface area contributed by atoms with Gasteiger partial charge in [-0.25, -0.2) is 9.97 Å². The molecule has 80 valence electrons. The van der Waals surface area contributed by atoms with Crippen molar-refractivity contribution in [3.8, 4) is 11.5 Å². The average molecular weight is 213 g/mol. The van der Waals surface area contributed by atoms with E-state index in [9.17, 15) is 0 Å². The van der Waals surface area contributed by atoms with Crippen LogP contribution in [0.5, 0.6) is 0 Å². The third-order valence-corrected chi connectivity index (χ3v) is 2.41. The van der Waals surface area contributed by atoms with Crippen molar-refractivity contribution >= 4 is 5.84 Å². The number of nitrogens with zero attached hydrogens (tertiary/aromatic N) is 3. The predicted octanol–water partition coefficient (Wildman–Crippen LogP) is 0.821. The van der Waals surface area contributed by atoms with Gasteiger partial charge in [0.2, 0.25) is 0 Å². The molecule has 0 radical (unpaired) electrons. The van der Waals surface area contributed by atoms with E-state index in [0.29, 0.717) is 0 Å². The van der Waals surface area contributed by atoms with Crippen LogP contribution >= 0.6 is 0 Å². The van der Waals surface area contributed by atoms with Gasteiger partial charge in [-0.1, -0.05) is 6.07 Å². The number of aromatic amines is 1. The average Bonchev–Trinajstić information content (AvgIpc) is 3.03. The zero-order valence-corrected chi connectivity index (χ0v) is 8.64. The van der Waals surface area contributed by atoms with Crippen LogP contribution in [0.25, 0.3) is 11.5 Å². The molecule has 2 N–H and O–H groups in total. The SMILES string of the molecule is c1cc(C2=NCCN2)nc(-c2ncc[nH]2)c1. The van der Waals surface area contributed by atoms with Gasteiger partial charge in [0, 0.05) is 18.9 Å². The Morgan fingerprint density at radius 2 is 2.12 bits per heavy atom. The summed E-state index contributed by atoms with van der Waals surface area (Å²) < 4.78 is 0. The first-order chi connectivity index (χ1) is 7.93. The van der Waals surface area contributed by atoms with E-state index in [1.54, 1.807) is 12.4 Å². The molecule has 0 saturated heterocycles. The van der Waals surface area contributed by atoms with Gasteiger partial charge in [-0.15, -0.1) is 0 Å². The van der Waals surface area contributed by atoms with Crippen LogP contribution < -0.4 is 5.32 Å². The third-order valence-electron chi connectivity index (χ3n) is 2.41. The largest absolute Gasteiger partial charge is 0.367 e. The second-order valence-corrected chi connectivity index (χ2v) is 3.50. The highest BCUT2D eigenvalue weighted by atomic mass is 15.1. The minimum Gasteiger partial charge on any atom is -0.367 e. The standard InChI is InChI=1S/C11H11N5/c1-2-8(10-12-4-5-13-10)16-9(3-1)11-14-6-7-15-11/h1-5H,6-7H2,(H,12,13)(H,14,15). The molecule has 0 saturated carbocycles. The van der Waals surface area contributed by atoms with Gasteiger partial charge < -0.3 is 10.3 Å². The van der Waals surface area contributed by atoms with Gasteiger partial charge in [0.1, 0.15) is 17.2 Å². The molecular formula is C11H11N5. The Morgan fingerprint density at radius 1 is 1.19 bits per heavy atom. The summed E-state index contributed by atoms with van der Waals surface area (Å²) in [5, 5.41) is 3.20. The smallest absolute Gasteiger partial charge is 0.155 e. The van der Waals surface area contributed by atoms with Crippen LogP contribution in [-0.4, -0.2) is 33.9 Å². The molecule has 16 heavy (non-hydrogen) atoms. The summed E-state index contributed by atoms with van der Waals surface area (Å²) >= 11 is 0. The molecule has 1 aliphatic heterocycles. The number of pyridine rings is 1. The fraction of sp³-hybridized carbons (Fsp3) is 0.182. The lowest BCUT2D eigenvalue weighted by molar-refractivity contribution is 0.958. The van der Waals surface area contributed by atoms with Crippen molar-refractivity contribution in [2.45, 2.75) is 0 Å². The highest BCUT2D eigenvalue weighted by Gasteiger charge is 2.10. The van der Waals surface area contributed by atoms with Gasteiger partial charge in [-0.3, -0.25) is 4.99 Å². The summed E-state index contributed by atoms with van der Waals surface area (Å²) in [5.41, 5.74) is 1.70. The molecule has 0 amide bonds. The second-order valence-electron chi connectivity index (χ2n) is 3.50. The number of H-pyrrole nitrogens is 1. The number of rotatable bonds is 2. The van der Waals surface area contributed by atoms with Crippen molar-refractivity contribution in [1.29, 1.82) is 0 Å². The van der Waals surface area contributed by atoms with Gasteiger partial charge in [0.25, 0.3) is 0 Å². The summed E-state index contributed by atoms with van der Waals surface area (Å²) in [6, 6.07) is 5.84. The molecule has 0 spiro atoms. The van der Waals surface area contributed by atoms with Crippen LogP contribution in [-0.2, 0) is 0 Å². The van der Waals surface area contributed by atoms with Crippen LogP contribution in [0.15, 0.2) is 35.6 Å². The van der Waals surface area contributed by atoms with Crippen LogP contribution in [0, 0.1) is 0 Å². The zero-order chi connectivity index (χ0) is 10.8. The van der Waals surface area contributed by atoms with Crippen LogP contribution in [0.2, 0.25) is 0 Å². The fourth-order valence-electron chi connectivity index (χ4n) is 1.67. The predicted molar refractivity (Wildman–Crippen MR) is 61.2 cm³/mol. The molecule has 0 aromatic carbocycles. The van der Waals surface area contributed by atoms with Crippen molar-refractivity contribution in [2.24, 2.45) is 4.99 Å². The number of aromatic nitrogens is 3. The first-order valence-electron chi connectivity index (χ1n) is 5.19. The minimum atomic E-state index is 0.778. The van der Waals surface area contributed by atoms with E-state index in [-0.39, 0.29) is 0 Å². The third kappa shape index (κ3) is 1.56. The van der Waals surface area contributed by atoms with E-state index >= 15 is 0 Å². The Kier molecular flexibility index (Phi) is 2.14. The van der Waals surface area contributed by atoms with E-state index in [2.05, 4.69) is 25.3 Å². The first-order valence-corrected chi connectivity index (χ1v) is 5.19. The number of nitrogens with one attached hydrogen (secondary N) is 2. The molecule has 5 heteroatoms. The fourth-order valence-corrected chi connectivity index (χ4v) is 1.67. The monoisotopic (exact) mass is 213 g/mol. The summed E-state index contributed by atoms with van der Waals surface area (Å²) in [7, 11) is 0. The van der Waals surface area contributed by atoms with Crippen molar-refractivity contribution in [3.05, 3.63) is 36.3 Å². The van der Waals surface area contributed by atoms with Gasteiger partial charge in [0.15, 0.2) is 5.82 Å². The van der Waals surface area contributed by atoms with Crippen molar-refractivity contribution in [1.82, 2.24) is 20.3 Å². The van der Waals surface area contributed by atoms with Crippen LogP contribution in [0.4, 0.5) is 0 Å².